The van der Waals surface area contributed by atoms with Crippen molar-refractivity contribution < 1.29 is 19.1 Å². The molecule has 2 aromatic rings. The van der Waals surface area contributed by atoms with Crippen molar-refractivity contribution in [3.05, 3.63) is 44.2 Å². The standard InChI is InChI=1S/C23H28BrNO4S/c1-3-5-6-7-13-29-18-12-11-15(24)14-17(18)21(26)25-22-20(23(27)28-4-2)16-9-8-10-19(16)30-22/h11-12,14H,3-10,13H2,1-2H3,(H,25,26). The van der Waals surface area contributed by atoms with Gasteiger partial charge in [0.15, 0.2) is 0 Å². The van der Waals surface area contributed by atoms with E-state index >= 15 is 0 Å². The van der Waals surface area contributed by atoms with Crippen LogP contribution in [0.5, 0.6) is 5.75 Å². The van der Waals surface area contributed by atoms with Gasteiger partial charge < -0.3 is 14.8 Å². The van der Waals surface area contributed by atoms with Crippen LogP contribution in [0.4, 0.5) is 5.00 Å². The molecule has 3 rings (SSSR count). The van der Waals surface area contributed by atoms with Crippen molar-refractivity contribution in [3.8, 4) is 5.75 Å². The van der Waals surface area contributed by atoms with E-state index in [0.29, 0.717) is 35.1 Å². The van der Waals surface area contributed by atoms with E-state index in [4.69, 9.17) is 9.47 Å². The predicted molar refractivity (Wildman–Crippen MR) is 124 cm³/mol. The average Bonchev–Trinajstić information content (AvgIpc) is 3.29. The molecule has 0 saturated carbocycles. The van der Waals surface area contributed by atoms with Crippen LogP contribution >= 0.6 is 27.3 Å². The Morgan fingerprint density at radius 1 is 1.17 bits per heavy atom. The molecule has 0 fully saturated rings. The Hall–Kier alpha value is -1.86. The molecule has 162 valence electrons. The van der Waals surface area contributed by atoms with Gasteiger partial charge in [0, 0.05) is 9.35 Å². The first-order valence-electron chi connectivity index (χ1n) is 10.6. The molecule has 1 amide bonds. The number of hydrogen-bond acceptors (Lipinski definition) is 5. The summed E-state index contributed by atoms with van der Waals surface area (Å²) in [5.41, 5.74) is 1.98. The van der Waals surface area contributed by atoms with Crippen LogP contribution in [0.2, 0.25) is 0 Å². The van der Waals surface area contributed by atoms with E-state index in [1.165, 1.54) is 24.2 Å². The number of carbonyl (C=O) groups is 2. The average molecular weight is 494 g/mol. The quantitative estimate of drug-likeness (QED) is 0.307. The summed E-state index contributed by atoms with van der Waals surface area (Å²) in [6, 6.07) is 5.42. The van der Waals surface area contributed by atoms with E-state index in [2.05, 4.69) is 28.2 Å². The first-order chi connectivity index (χ1) is 14.5. The second-order valence-corrected chi connectivity index (χ2v) is 9.31. The van der Waals surface area contributed by atoms with E-state index in [1.54, 1.807) is 19.1 Å². The predicted octanol–water partition coefficient (Wildman–Crippen LogP) is 6.39. The fourth-order valence-electron chi connectivity index (χ4n) is 3.60. The van der Waals surface area contributed by atoms with Crippen molar-refractivity contribution in [3.63, 3.8) is 0 Å². The molecule has 0 unspecified atom stereocenters. The summed E-state index contributed by atoms with van der Waals surface area (Å²) in [6.45, 7) is 4.83. The molecule has 0 saturated heterocycles. The number of anilines is 1. The number of benzene rings is 1. The number of hydrogen-bond donors (Lipinski definition) is 1. The smallest absolute Gasteiger partial charge is 0.341 e. The zero-order valence-electron chi connectivity index (χ0n) is 17.5. The normalized spacial score (nSPS) is 12.5. The van der Waals surface area contributed by atoms with Crippen molar-refractivity contribution in [2.75, 3.05) is 18.5 Å². The lowest BCUT2D eigenvalue weighted by Crippen LogP contribution is -2.16. The zero-order chi connectivity index (χ0) is 21.5. The third-order valence-electron chi connectivity index (χ3n) is 5.07. The number of unbranched alkanes of at least 4 members (excludes halogenated alkanes) is 3. The van der Waals surface area contributed by atoms with Gasteiger partial charge in [0.2, 0.25) is 0 Å². The second-order valence-electron chi connectivity index (χ2n) is 7.29. The fourth-order valence-corrected chi connectivity index (χ4v) is 5.23. The summed E-state index contributed by atoms with van der Waals surface area (Å²) in [7, 11) is 0. The number of nitrogens with one attached hydrogen (secondary N) is 1. The largest absolute Gasteiger partial charge is 0.493 e. The first kappa shape index (κ1) is 22.8. The number of amides is 1. The van der Waals surface area contributed by atoms with Crippen LogP contribution in [0.3, 0.4) is 0 Å². The van der Waals surface area contributed by atoms with Gasteiger partial charge in [-0.1, -0.05) is 42.1 Å². The molecular weight excluding hydrogens is 466 g/mol. The minimum atomic E-state index is -0.367. The summed E-state index contributed by atoms with van der Waals surface area (Å²) in [6.07, 6.45) is 7.22. The van der Waals surface area contributed by atoms with Crippen LogP contribution in [0, 0.1) is 0 Å². The molecule has 0 radical (unpaired) electrons. The fraction of sp³-hybridized carbons (Fsp3) is 0.478. The summed E-state index contributed by atoms with van der Waals surface area (Å²) in [5.74, 6) is -0.104. The molecule has 1 aliphatic rings. The minimum absolute atomic E-state index is 0.287. The van der Waals surface area contributed by atoms with Crippen molar-refractivity contribution in [2.24, 2.45) is 0 Å². The van der Waals surface area contributed by atoms with Crippen molar-refractivity contribution in [1.29, 1.82) is 0 Å². The third kappa shape index (κ3) is 5.43. The molecule has 5 nitrogen and oxygen atoms in total. The summed E-state index contributed by atoms with van der Waals surface area (Å²) in [4.78, 5) is 26.8. The van der Waals surface area contributed by atoms with Crippen LogP contribution in [0.25, 0.3) is 0 Å². The summed E-state index contributed by atoms with van der Waals surface area (Å²) >= 11 is 4.92. The number of aryl methyl sites for hydroxylation is 1. The Labute approximate surface area is 190 Å². The topological polar surface area (TPSA) is 64.6 Å². The Morgan fingerprint density at radius 2 is 2.00 bits per heavy atom. The van der Waals surface area contributed by atoms with Gasteiger partial charge in [-0.3, -0.25) is 4.79 Å². The van der Waals surface area contributed by atoms with Crippen LogP contribution < -0.4 is 10.1 Å². The second kappa shape index (κ2) is 11.0. The van der Waals surface area contributed by atoms with Gasteiger partial charge in [-0.15, -0.1) is 11.3 Å². The number of thiophene rings is 1. The highest BCUT2D eigenvalue weighted by atomic mass is 79.9. The number of rotatable bonds is 10. The first-order valence-corrected chi connectivity index (χ1v) is 12.2. The van der Waals surface area contributed by atoms with Crippen molar-refractivity contribution >= 4 is 44.1 Å². The van der Waals surface area contributed by atoms with Gasteiger partial charge in [0.25, 0.3) is 5.91 Å². The zero-order valence-corrected chi connectivity index (χ0v) is 19.9. The molecule has 0 spiro atoms. The molecule has 1 aromatic heterocycles. The highest BCUT2D eigenvalue weighted by molar-refractivity contribution is 9.10. The Bertz CT molecular complexity index is 909. The van der Waals surface area contributed by atoms with Gasteiger partial charge in [-0.2, -0.15) is 0 Å². The maximum atomic E-state index is 13.1. The molecule has 0 aliphatic heterocycles. The molecule has 1 N–H and O–H groups in total. The Balaban J connectivity index is 1.79. The van der Waals surface area contributed by atoms with Crippen molar-refractivity contribution in [1.82, 2.24) is 0 Å². The molecule has 7 heteroatoms. The maximum absolute atomic E-state index is 13.1. The van der Waals surface area contributed by atoms with Gasteiger partial charge in [0.05, 0.1) is 24.3 Å². The highest BCUT2D eigenvalue weighted by Crippen LogP contribution is 2.40. The monoisotopic (exact) mass is 493 g/mol. The molecule has 0 atom stereocenters. The maximum Gasteiger partial charge on any atom is 0.341 e. The molecule has 30 heavy (non-hydrogen) atoms. The van der Waals surface area contributed by atoms with Gasteiger partial charge in [0.1, 0.15) is 10.8 Å². The van der Waals surface area contributed by atoms with E-state index < -0.39 is 0 Å². The number of ether oxygens (including phenoxy) is 2. The third-order valence-corrected chi connectivity index (χ3v) is 6.77. The van der Waals surface area contributed by atoms with E-state index in [9.17, 15) is 9.59 Å². The van der Waals surface area contributed by atoms with Gasteiger partial charge in [-0.25, -0.2) is 4.79 Å². The molecule has 0 bridgehead atoms. The number of fused-ring (bicyclic) bond motifs is 1. The Morgan fingerprint density at radius 3 is 2.77 bits per heavy atom. The van der Waals surface area contributed by atoms with Crippen LogP contribution in [-0.4, -0.2) is 25.1 Å². The van der Waals surface area contributed by atoms with E-state index in [1.807, 2.05) is 6.07 Å². The van der Waals surface area contributed by atoms with Gasteiger partial charge >= 0.3 is 5.97 Å². The molecular formula is C23H28BrNO4S. The van der Waals surface area contributed by atoms with Gasteiger partial charge in [-0.05, 0) is 56.4 Å². The van der Waals surface area contributed by atoms with Crippen molar-refractivity contribution in [2.45, 2.75) is 58.8 Å². The minimum Gasteiger partial charge on any atom is -0.493 e. The van der Waals surface area contributed by atoms with Crippen LogP contribution in [-0.2, 0) is 17.6 Å². The number of esters is 1. The van der Waals surface area contributed by atoms with E-state index in [-0.39, 0.29) is 11.9 Å². The van der Waals surface area contributed by atoms with E-state index in [0.717, 1.165) is 47.0 Å². The van der Waals surface area contributed by atoms with Crippen LogP contribution in [0.1, 0.15) is 77.1 Å². The molecule has 1 aliphatic carbocycles. The Kier molecular flexibility index (Phi) is 8.33. The summed E-state index contributed by atoms with van der Waals surface area (Å²) in [5, 5.41) is 3.52. The number of halogens is 1. The molecule has 1 heterocycles. The van der Waals surface area contributed by atoms with Crippen LogP contribution in [0.15, 0.2) is 22.7 Å². The molecule has 1 aromatic carbocycles. The highest BCUT2D eigenvalue weighted by Gasteiger charge is 2.29. The SMILES string of the molecule is CCCCCCOc1ccc(Br)cc1C(=O)Nc1sc2c(c1C(=O)OCC)CCC2. The number of carbonyl (C=O) groups excluding carboxylic acids is 2. The lowest BCUT2D eigenvalue weighted by Gasteiger charge is -2.13. The lowest BCUT2D eigenvalue weighted by molar-refractivity contribution is 0.0527. The summed E-state index contributed by atoms with van der Waals surface area (Å²) < 4.78 is 12.0. The lowest BCUT2D eigenvalue weighted by atomic mass is 10.1.